The molecule has 1 amide bonds. The minimum absolute atomic E-state index is 0.159. The summed E-state index contributed by atoms with van der Waals surface area (Å²) < 4.78 is 0. The first-order valence-electron chi connectivity index (χ1n) is 4.97. The second-order valence-electron chi connectivity index (χ2n) is 4.61. The molecule has 2 nitrogen and oxygen atoms in total. The highest BCUT2D eigenvalue weighted by molar-refractivity contribution is 5.90. The Morgan fingerprint density at radius 1 is 1.20 bits per heavy atom. The van der Waals surface area contributed by atoms with Gasteiger partial charge in [-0.25, -0.2) is 0 Å². The van der Waals surface area contributed by atoms with Gasteiger partial charge in [-0.05, 0) is 22.6 Å². The first-order valence-corrected chi connectivity index (χ1v) is 4.97. The van der Waals surface area contributed by atoms with Gasteiger partial charge in [-0.1, -0.05) is 45.0 Å². The zero-order valence-corrected chi connectivity index (χ0v) is 9.45. The van der Waals surface area contributed by atoms with Gasteiger partial charge in [0, 0.05) is 6.08 Å². The van der Waals surface area contributed by atoms with Gasteiger partial charge in [-0.15, -0.1) is 0 Å². The Morgan fingerprint density at radius 3 is 2.13 bits per heavy atom. The molecule has 0 spiro atoms. The van der Waals surface area contributed by atoms with E-state index < -0.39 is 5.91 Å². The lowest BCUT2D eigenvalue weighted by Crippen LogP contribution is -2.10. The molecule has 0 aliphatic heterocycles. The van der Waals surface area contributed by atoms with Gasteiger partial charge in [-0.2, -0.15) is 0 Å². The Labute approximate surface area is 90.8 Å². The third kappa shape index (κ3) is 3.58. The maximum absolute atomic E-state index is 10.5. The van der Waals surface area contributed by atoms with E-state index in [1.807, 2.05) is 12.1 Å². The van der Waals surface area contributed by atoms with E-state index in [-0.39, 0.29) is 5.41 Å². The van der Waals surface area contributed by atoms with Gasteiger partial charge in [0.25, 0.3) is 0 Å². The lowest BCUT2D eigenvalue weighted by atomic mass is 9.87. The smallest absolute Gasteiger partial charge is 0.241 e. The summed E-state index contributed by atoms with van der Waals surface area (Å²) in [6.45, 7) is 6.50. The van der Waals surface area contributed by atoms with Gasteiger partial charge in [0.15, 0.2) is 0 Å². The van der Waals surface area contributed by atoms with E-state index in [0.29, 0.717) is 0 Å². The molecule has 0 saturated heterocycles. The van der Waals surface area contributed by atoms with E-state index in [2.05, 4.69) is 32.9 Å². The predicted octanol–water partition coefficient (Wildman–Crippen LogP) is 2.48. The van der Waals surface area contributed by atoms with E-state index in [9.17, 15) is 4.79 Å². The molecular formula is C13H17NO. The minimum atomic E-state index is -0.421. The van der Waals surface area contributed by atoms with Crippen molar-refractivity contribution in [1.29, 1.82) is 0 Å². The molecule has 0 unspecified atom stereocenters. The van der Waals surface area contributed by atoms with E-state index >= 15 is 0 Å². The van der Waals surface area contributed by atoms with Crippen LogP contribution in [0, 0.1) is 0 Å². The van der Waals surface area contributed by atoms with Crippen LogP contribution in [0.2, 0.25) is 0 Å². The summed E-state index contributed by atoms with van der Waals surface area (Å²) in [5.74, 6) is -0.421. The molecule has 2 N–H and O–H groups in total. The monoisotopic (exact) mass is 203 g/mol. The molecular weight excluding hydrogens is 186 g/mol. The van der Waals surface area contributed by atoms with Gasteiger partial charge in [0.1, 0.15) is 0 Å². The molecule has 1 aromatic rings. The van der Waals surface area contributed by atoms with E-state index in [1.54, 1.807) is 6.08 Å². The highest BCUT2D eigenvalue weighted by atomic mass is 16.1. The van der Waals surface area contributed by atoms with Crippen molar-refractivity contribution in [3.63, 3.8) is 0 Å². The quantitative estimate of drug-likeness (QED) is 0.737. The SMILES string of the molecule is CC(C)(C)c1ccc(C=CC(N)=O)cc1. The van der Waals surface area contributed by atoms with E-state index in [0.717, 1.165) is 5.56 Å². The number of hydrogen-bond acceptors (Lipinski definition) is 1. The molecule has 0 heterocycles. The Bertz CT molecular complexity index is 369. The second kappa shape index (κ2) is 4.30. The van der Waals surface area contributed by atoms with E-state index in [4.69, 9.17) is 5.73 Å². The molecule has 1 aromatic carbocycles. The average Bonchev–Trinajstić information content (AvgIpc) is 2.14. The predicted molar refractivity (Wildman–Crippen MR) is 63.4 cm³/mol. The summed E-state index contributed by atoms with van der Waals surface area (Å²) in [6.07, 6.45) is 3.08. The Balaban J connectivity index is 2.86. The Morgan fingerprint density at radius 2 is 1.73 bits per heavy atom. The van der Waals surface area contributed by atoms with Crippen LogP contribution in [-0.4, -0.2) is 5.91 Å². The fraction of sp³-hybridized carbons (Fsp3) is 0.308. The number of rotatable bonds is 2. The molecule has 0 aliphatic carbocycles. The highest BCUT2D eigenvalue weighted by Gasteiger charge is 2.12. The summed E-state index contributed by atoms with van der Waals surface area (Å²) in [5, 5.41) is 0. The zero-order valence-electron chi connectivity index (χ0n) is 9.45. The minimum Gasteiger partial charge on any atom is -0.366 e. The number of carbonyl (C=O) groups excluding carboxylic acids is 1. The van der Waals surface area contributed by atoms with Crippen LogP contribution in [0.3, 0.4) is 0 Å². The summed E-state index contributed by atoms with van der Waals surface area (Å²) in [5.41, 5.74) is 7.44. The van der Waals surface area contributed by atoms with Gasteiger partial charge >= 0.3 is 0 Å². The number of primary amides is 1. The van der Waals surface area contributed by atoms with Crippen molar-refractivity contribution < 1.29 is 4.79 Å². The van der Waals surface area contributed by atoms with Crippen molar-refractivity contribution in [2.24, 2.45) is 5.73 Å². The summed E-state index contributed by atoms with van der Waals surface area (Å²) in [6, 6.07) is 8.11. The molecule has 1 rings (SSSR count). The van der Waals surface area contributed by atoms with Crippen LogP contribution in [0.15, 0.2) is 30.3 Å². The van der Waals surface area contributed by atoms with Crippen molar-refractivity contribution in [2.45, 2.75) is 26.2 Å². The fourth-order valence-electron chi connectivity index (χ4n) is 1.27. The fourth-order valence-corrected chi connectivity index (χ4v) is 1.27. The lowest BCUT2D eigenvalue weighted by Gasteiger charge is -2.18. The molecule has 2 heteroatoms. The van der Waals surface area contributed by atoms with E-state index in [1.165, 1.54) is 11.6 Å². The number of amides is 1. The van der Waals surface area contributed by atoms with Gasteiger partial charge < -0.3 is 5.73 Å². The van der Waals surface area contributed by atoms with Gasteiger partial charge in [-0.3, -0.25) is 4.79 Å². The van der Waals surface area contributed by atoms with Crippen molar-refractivity contribution in [1.82, 2.24) is 0 Å². The third-order valence-electron chi connectivity index (χ3n) is 2.22. The molecule has 0 atom stereocenters. The maximum atomic E-state index is 10.5. The Kier molecular flexibility index (Phi) is 3.30. The molecule has 0 bridgehead atoms. The molecule has 0 aliphatic rings. The van der Waals surface area contributed by atoms with Crippen molar-refractivity contribution in [3.05, 3.63) is 41.5 Å². The van der Waals surface area contributed by atoms with Crippen LogP contribution < -0.4 is 5.73 Å². The average molecular weight is 203 g/mol. The summed E-state index contributed by atoms with van der Waals surface area (Å²) >= 11 is 0. The molecule has 0 fully saturated rings. The summed E-state index contributed by atoms with van der Waals surface area (Å²) in [7, 11) is 0. The molecule has 0 radical (unpaired) electrons. The number of hydrogen-bond donors (Lipinski definition) is 1. The van der Waals surface area contributed by atoms with Crippen LogP contribution in [0.5, 0.6) is 0 Å². The molecule has 80 valence electrons. The van der Waals surface area contributed by atoms with Crippen LogP contribution in [0.1, 0.15) is 31.9 Å². The third-order valence-corrected chi connectivity index (χ3v) is 2.22. The van der Waals surface area contributed by atoms with Crippen LogP contribution >= 0.6 is 0 Å². The van der Waals surface area contributed by atoms with Gasteiger partial charge in [0.05, 0.1) is 0 Å². The molecule has 0 aromatic heterocycles. The van der Waals surface area contributed by atoms with Crippen molar-refractivity contribution in [3.8, 4) is 0 Å². The maximum Gasteiger partial charge on any atom is 0.241 e. The van der Waals surface area contributed by atoms with Crippen LogP contribution in [0.4, 0.5) is 0 Å². The normalized spacial score (nSPS) is 11.9. The highest BCUT2D eigenvalue weighted by Crippen LogP contribution is 2.22. The standard InChI is InChI=1S/C13H17NO/c1-13(2,3)11-7-4-10(5-8-11)6-9-12(14)15/h4-9H,1-3H3,(H2,14,15). The largest absolute Gasteiger partial charge is 0.366 e. The van der Waals surface area contributed by atoms with Crippen LogP contribution in [-0.2, 0) is 10.2 Å². The molecule has 0 saturated carbocycles. The Hall–Kier alpha value is -1.57. The number of benzene rings is 1. The van der Waals surface area contributed by atoms with Crippen molar-refractivity contribution >= 4 is 12.0 Å². The number of nitrogens with two attached hydrogens (primary N) is 1. The summed E-state index contributed by atoms with van der Waals surface area (Å²) in [4.78, 5) is 10.5. The number of carbonyl (C=O) groups is 1. The lowest BCUT2D eigenvalue weighted by molar-refractivity contribution is -0.113. The first kappa shape index (κ1) is 11.5. The van der Waals surface area contributed by atoms with Crippen molar-refractivity contribution in [2.75, 3.05) is 0 Å². The van der Waals surface area contributed by atoms with Gasteiger partial charge in [0.2, 0.25) is 5.91 Å². The zero-order chi connectivity index (χ0) is 11.5. The van der Waals surface area contributed by atoms with Crippen LogP contribution in [0.25, 0.3) is 6.08 Å². The molecule has 15 heavy (non-hydrogen) atoms. The first-order chi connectivity index (χ1) is 6.89. The second-order valence-corrected chi connectivity index (χ2v) is 4.61. The topological polar surface area (TPSA) is 43.1 Å².